The second-order valence-electron chi connectivity index (χ2n) is 5.26. The minimum absolute atomic E-state index is 0.175. The largest absolute Gasteiger partial charge is 0.484 e. The lowest BCUT2D eigenvalue weighted by Crippen LogP contribution is -2.19. The number of nitrogens with one attached hydrogen (secondary N) is 1. The van der Waals surface area contributed by atoms with Gasteiger partial charge in [0, 0.05) is 6.54 Å². The van der Waals surface area contributed by atoms with Gasteiger partial charge in [0.05, 0.1) is 11.1 Å². The van der Waals surface area contributed by atoms with Crippen molar-refractivity contribution in [2.45, 2.75) is 24.9 Å². The first-order valence-corrected chi connectivity index (χ1v) is 8.24. The van der Waals surface area contributed by atoms with E-state index in [1.165, 1.54) is 18.5 Å². The fourth-order valence-corrected chi connectivity index (χ4v) is 2.58. The molecule has 1 N–H and O–H groups in total. The van der Waals surface area contributed by atoms with Gasteiger partial charge >= 0.3 is 6.18 Å². The van der Waals surface area contributed by atoms with Crippen LogP contribution in [-0.4, -0.2) is 29.3 Å². The monoisotopic (exact) mass is 393 g/mol. The van der Waals surface area contributed by atoms with Crippen molar-refractivity contribution in [2.24, 2.45) is 0 Å². The SMILES string of the molecule is CC(Cl)c1ncnc(NCCc2ccc(OCC(F)(F)F)cc2)c1Cl. The molecule has 0 radical (unpaired) electrons. The number of aromatic nitrogens is 2. The molecule has 4 nitrogen and oxygen atoms in total. The Hall–Kier alpha value is -1.73. The number of anilines is 1. The smallest absolute Gasteiger partial charge is 0.422 e. The molecule has 9 heteroatoms. The van der Waals surface area contributed by atoms with E-state index in [1.807, 2.05) is 0 Å². The normalized spacial score (nSPS) is 12.7. The van der Waals surface area contributed by atoms with E-state index in [2.05, 4.69) is 20.0 Å². The number of hydrogen-bond acceptors (Lipinski definition) is 4. The minimum Gasteiger partial charge on any atom is -0.484 e. The standard InChI is InChI=1S/C16H16Cl2F3N3O/c1-10(17)14-13(18)15(24-9-23-14)22-7-6-11-2-4-12(5-3-11)25-8-16(19,20)21/h2-5,9-10H,6-8H2,1H3,(H,22,23,24). The Morgan fingerprint density at radius 2 is 1.88 bits per heavy atom. The zero-order valence-corrected chi connectivity index (χ0v) is 14.8. The van der Waals surface area contributed by atoms with Gasteiger partial charge in [-0.15, -0.1) is 11.6 Å². The zero-order chi connectivity index (χ0) is 18.4. The van der Waals surface area contributed by atoms with Gasteiger partial charge in [0.1, 0.15) is 22.9 Å². The summed E-state index contributed by atoms with van der Waals surface area (Å²) in [4.78, 5) is 8.11. The second kappa shape index (κ2) is 8.58. The molecule has 2 rings (SSSR count). The molecule has 0 saturated carbocycles. The Kier molecular flexibility index (Phi) is 6.72. The van der Waals surface area contributed by atoms with Crippen LogP contribution in [0.3, 0.4) is 0 Å². The summed E-state index contributed by atoms with van der Waals surface area (Å²) in [6.07, 6.45) is -2.33. The molecule has 1 atom stereocenters. The van der Waals surface area contributed by atoms with E-state index in [-0.39, 0.29) is 11.1 Å². The van der Waals surface area contributed by atoms with Gasteiger partial charge in [-0.2, -0.15) is 13.2 Å². The van der Waals surface area contributed by atoms with Crippen LogP contribution in [0.15, 0.2) is 30.6 Å². The molecule has 0 spiro atoms. The Balaban J connectivity index is 1.87. The topological polar surface area (TPSA) is 47.0 Å². The molecule has 1 unspecified atom stereocenters. The van der Waals surface area contributed by atoms with E-state index in [1.54, 1.807) is 19.1 Å². The highest BCUT2D eigenvalue weighted by atomic mass is 35.5. The van der Waals surface area contributed by atoms with Gasteiger partial charge in [0.15, 0.2) is 6.61 Å². The quantitative estimate of drug-likeness (QED) is 0.670. The van der Waals surface area contributed by atoms with Crippen LogP contribution in [0.4, 0.5) is 19.0 Å². The van der Waals surface area contributed by atoms with E-state index in [4.69, 9.17) is 23.2 Å². The maximum atomic E-state index is 12.1. The molecular formula is C16H16Cl2F3N3O. The predicted molar refractivity (Wildman–Crippen MR) is 91.5 cm³/mol. The third kappa shape index (κ3) is 6.25. The molecule has 1 aromatic heterocycles. The first-order chi connectivity index (χ1) is 11.8. The second-order valence-corrected chi connectivity index (χ2v) is 6.29. The van der Waals surface area contributed by atoms with Gasteiger partial charge in [0.25, 0.3) is 0 Å². The van der Waals surface area contributed by atoms with Crippen LogP contribution in [0.2, 0.25) is 5.02 Å². The van der Waals surface area contributed by atoms with Gasteiger partial charge in [-0.3, -0.25) is 0 Å². The van der Waals surface area contributed by atoms with E-state index >= 15 is 0 Å². The maximum absolute atomic E-state index is 12.1. The molecule has 0 aliphatic rings. The summed E-state index contributed by atoms with van der Waals surface area (Å²) < 4.78 is 41.0. The molecule has 0 aliphatic heterocycles. The van der Waals surface area contributed by atoms with Crippen LogP contribution in [0.1, 0.15) is 23.6 Å². The van der Waals surface area contributed by atoms with Gasteiger partial charge in [-0.1, -0.05) is 23.7 Å². The van der Waals surface area contributed by atoms with Crippen LogP contribution < -0.4 is 10.1 Å². The van der Waals surface area contributed by atoms with Crippen molar-refractivity contribution in [1.82, 2.24) is 9.97 Å². The third-order valence-corrected chi connectivity index (χ3v) is 3.80. The van der Waals surface area contributed by atoms with Gasteiger partial charge in [-0.25, -0.2) is 9.97 Å². The van der Waals surface area contributed by atoms with Crippen molar-refractivity contribution >= 4 is 29.0 Å². The molecule has 25 heavy (non-hydrogen) atoms. The van der Waals surface area contributed by atoms with Crippen LogP contribution in [-0.2, 0) is 6.42 Å². The summed E-state index contributed by atoms with van der Waals surface area (Å²) in [6.45, 7) is 0.999. The van der Waals surface area contributed by atoms with Crippen LogP contribution in [0.5, 0.6) is 5.75 Å². The average Bonchev–Trinajstić information content (AvgIpc) is 2.54. The van der Waals surface area contributed by atoms with Crippen molar-refractivity contribution in [2.75, 3.05) is 18.5 Å². The summed E-state index contributed by atoms with van der Waals surface area (Å²) >= 11 is 12.2. The lowest BCUT2D eigenvalue weighted by molar-refractivity contribution is -0.153. The number of halogens is 5. The Morgan fingerprint density at radius 1 is 1.20 bits per heavy atom. The number of ether oxygens (including phenoxy) is 1. The van der Waals surface area contributed by atoms with Crippen molar-refractivity contribution < 1.29 is 17.9 Å². The highest BCUT2D eigenvalue weighted by molar-refractivity contribution is 6.34. The van der Waals surface area contributed by atoms with Gasteiger partial charge in [-0.05, 0) is 31.0 Å². The summed E-state index contributed by atoms with van der Waals surface area (Å²) in [5, 5.41) is 3.14. The molecule has 2 aromatic rings. The third-order valence-electron chi connectivity index (χ3n) is 3.23. The van der Waals surface area contributed by atoms with E-state index in [9.17, 15) is 13.2 Å². The molecule has 0 aliphatic carbocycles. The maximum Gasteiger partial charge on any atom is 0.422 e. The lowest BCUT2D eigenvalue weighted by Gasteiger charge is -2.11. The number of alkyl halides is 4. The highest BCUT2D eigenvalue weighted by Crippen LogP contribution is 2.29. The van der Waals surface area contributed by atoms with Crippen molar-refractivity contribution in [3.8, 4) is 5.75 Å². The van der Waals surface area contributed by atoms with Crippen molar-refractivity contribution in [1.29, 1.82) is 0 Å². The number of nitrogens with zero attached hydrogens (tertiary/aromatic N) is 2. The zero-order valence-electron chi connectivity index (χ0n) is 13.3. The summed E-state index contributed by atoms with van der Waals surface area (Å²) in [6, 6.07) is 6.43. The minimum atomic E-state index is -4.35. The Bertz CT molecular complexity index is 694. The van der Waals surface area contributed by atoms with Crippen LogP contribution >= 0.6 is 23.2 Å². The Morgan fingerprint density at radius 3 is 2.48 bits per heavy atom. The molecular weight excluding hydrogens is 378 g/mol. The first kappa shape index (κ1) is 19.6. The number of benzene rings is 1. The molecule has 136 valence electrons. The highest BCUT2D eigenvalue weighted by Gasteiger charge is 2.28. The molecule has 0 fully saturated rings. The van der Waals surface area contributed by atoms with Crippen LogP contribution in [0.25, 0.3) is 0 Å². The fourth-order valence-electron chi connectivity index (χ4n) is 2.03. The number of hydrogen-bond donors (Lipinski definition) is 1. The van der Waals surface area contributed by atoms with Crippen molar-refractivity contribution in [3.05, 3.63) is 46.9 Å². The predicted octanol–water partition coefficient (Wildman–Crippen LogP) is 5.03. The lowest BCUT2D eigenvalue weighted by atomic mass is 10.1. The van der Waals surface area contributed by atoms with Gasteiger partial charge in [0.2, 0.25) is 0 Å². The fraction of sp³-hybridized carbons (Fsp3) is 0.375. The summed E-state index contributed by atoms with van der Waals surface area (Å²) in [5.41, 5.74) is 1.48. The van der Waals surface area contributed by atoms with Gasteiger partial charge < -0.3 is 10.1 Å². The van der Waals surface area contributed by atoms with E-state index < -0.39 is 12.8 Å². The van der Waals surface area contributed by atoms with E-state index in [0.29, 0.717) is 29.5 Å². The molecule has 1 heterocycles. The molecule has 0 amide bonds. The summed E-state index contributed by atoms with van der Waals surface area (Å²) in [5.74, 6) is 0.665. The van der Waals surface area contributed by atoms with Crippen molar-refractivity contribution in [3.63, 3.8) is 0 Å². The number of rotatable bonds is 7. The first-order valence-electron chi connectivity index (χ1n) is 7.43. The average molecular weight is 394 g/mol. The van der Waals surface area contributed by atoms with E-state index in [0.717, 1.165) is 5.56 Å². The summed E-state index contributed by atoms with van der Waals surface area (Å²) in [7, 11) is 0. The molecule has 0 saturated heterocycles. The molecule has 0 bridgehead atoms. The molecule has 1 aromatic carbocycles. The Labute approximate surface area is 153 Å². The van der Waals surface area contributed by atoms with Crippen LogP contribution in [0, 0.1) is 0 Å².